The van der Waals surface area contributed by atoms with Gasteiger partial charge in [0, 0.05) is 22.9 Å². The number of carbonyl (C=O) groups is 2. The van der Waals surface area contributed by atoms with Gasteiger partial charge < -0.3 is 10.1 Å². The molecule has 2 rings (SSSR count). The zero-order valence-electron chi connectivity index (χ0n) is 13.2. The quantitative estimate of drug-likeness (QED) is 0.574. The molecule has 1 aromatic carbocycles. The fourth-order valence-corrected chi connectivity index (χ4v) is 3.51. The van der Waals surface area contributed by atoms with Crippen LogP contribution in [0, 0.1) is 12.7 Å². The number of amides is 1. The maximum Gasteiger partial charge on any atom is 0.338 e. The Bertz CT molecular complexity index is 689. The number of nitrogens with one attached hydrogen (secondary N) is 1. The van der Waals surface area contributed by atoms with Gasteiger partial charge in [-0.3, -0.25) is 4.79 Å². The number of ether oxygens (including phenoxy) is 1. The number of carbonyl (C=O) groups excluding carboxylic acids is 2. The molecule has 1 aromatic heterocycles. The van der Waals surface area contributed by atoms with E-state index in [9.17, 15) is 14.0 Å². The Morgan fingerprint density at radius 1 is 1.33 bits per heavy atom. The number of thiophene rings is 1. The van der Waals surface area contributed by atoms with Gasteiger partial charge >= 0.3 is 5.97 Å². The van der Waals surface area contributed by atoms with Crippen LogP contribution in [0.25, 0.3) is 0 Å². The molecule has 0 atom stereocenters. The Labute approximate surface area is 148 Å². The summed E-state index contributed by atoms with van der Waals surface area (Å²) < 4.78 is 18.3. The lowest BCUT2D eigenvalue weighted by Gasteiger charge is -2.07. The van der Waals surface area contributed by atoms with Crippen molar-refractivity contribution in [3.05, 3.63) is 57.5 Å². The van der Waals surface area contributed by atoms with Crippen LogP contribution < -0.4 is 5.32 Å². The largest absolute Gasteiger partial charge is 0.452 e. The molecule has 24 heavy (non-hydrogen) atoms. The molecule has 0 unspecified atom stereocenters. The molecule has 0 bridgehead atoms. The van der Waals surface area contributed by atoms with Crippen LogP contribution >= 0.6 is 23.1 Å². The molecule has 0 aliphatic carbocycles. The van der Waals surface area contributed by atoms with Gasteiger partial charge in [0.2, 0.25) is 0 Å². The molecule has 0 aliphatic rings. The van der Waals surface area contributed by atoms with Crippen LogP contribution in [0.1, 0.15) is 20.8 Å². The summed E-state index contributed by atoms with van der Waals surface area (Å²) in [6.07, 6.45) is 0. The van der Waals surface area contributed by atoms with Gasteiger partial charge in [0.25, 0.3) is 5.91 Å². The van der Waals surface area contributed by atoms with Gasteiger partial charge in [0.1, 0.15) is 5.82 Å². The lowest BCUT2D eigenvalue weighted by molar-refractivity contribution is -0.124. The van der Waals surface area contributed by atoms with Crippen molar-refractivity contribution in [2.75, 3.05) is 18.9 Å². The van der Waals surface area contributed by atoms with Crippen molar-refractivity contribution in [3.63, 3.8) is 0 Å². The minimum atomic E-state index is -0.712. The average Bonchev–Trinajstić information content (AvgIpc) is 3.08. The van der Waals surface area contributed by atoms with E-state index >= 15 is 0 Å². The highest BCUT2D eigenvalue weighted by Crippen LogP contribution is 2.16. The number of thioether (sulfide) groups is 1. The molecular weight excluding hydrogens is 349 g/mol. The minimum Gasteiger partial charge on any atom is -0.452 e. The van der Waals surface area contributed by atoms with Gasteiger partial charge in [-0.05, 0) is 36.1 Å². The van der Waals surface area contributed by atoms with Crippen LogP contribution in [0.2, 0.25) is 0 Å². The first-order valence-electron chi connectivity index (χ1n) is 7.36. The minimum absolute atomic E-state index is 0.0948. The zero-order chi connectivity index (χ0) is 17.4. The highest BCUT2D eigenvalue weighted by atomic mass is 32.2. The van der Waals surface area contributed by atoms with Crippen molar-refractivity contribution < 1.29 is 18.7 Å². The number of aryl methyl sites for hydroxylation is 1. The maximum absolute atomic E-state index is 13.4. The third-order valence-corrected chi connectivity index (χ3v) is 5.20. The van der Waals surface area contributed by atoms with Crippen molar-refractivity contribution >= 4 is 35.0 Å². The molecule has 7 heteroatoms. The lowest BCUT2D eigenvalue weighted by atomic mass is 10.1. The van der Waals surface area contributed by atoms with Crippen LogP contribution in [-0.4, -0.2) is 30.8 Å². The first kappa shape index (κ1) is 18.5. The molecular formula is C17H18FNO3S2. The highest BCUT2D eigenvalue weighted by molar-refractivity contribution is 7.98. The van der Waals surface area contributed by atoms with Gasteiger partial charge in [-0.15, -0.1) is 11.3 Å². The van der Waals surface area contributed by atoms with Crippen LogP contribution in [0.4, 0.5) is 4.39 Å². The second kappa shape index (κ2) is 9.44. The number of rotatable bonds is 8. The lowest BCUT2D eigenvalue weighted by Crippen LogP contribution is -2.30. The summed E-state index contributed by atoms with van der Waals surface area (Å²) in [7, 11) is 0. The van der Waals surface area contributed by atoms with E-state index in [-0.39, 0.29) is 18.1 Å². The second-order valence-electron chi connectivity index (χ2n) is 5.02. The van der Waals surface area contributed by atoms with E-state index in [0.717, 1.165) is 17.6 Å². The molecule has 0 aliphatic heterocycles. The Morgan fingerprint density at radius 3 is 2.88 bits per heavy atom. The Hall–Kier alpha value is -1.86. The first-order valence-corrected chi connectivity index (χ1v) is 9.40. The average molecular weight is 367 g/mol. The van der Waals surface area contributed by atoms with E-state index in [1.165, 1.54) is 17.0 Å². The van der Waals surface area contributed by atoms with Gasteiger partial charge in [-0.1, -0.05) is 12.1 Å². The van der Waals surface area contributed by atoms with Gasteiger partial charge in [-0.2, -0.15) is 11.8 Å². The molecule has 1 amide bonds. The second-order valence-corrected chi connectivity index (χ2v) is 7.16. The summed E-state index contributed by atoms with van der Waals surface area (Å²) >= 11 is 3.43. The summed E-state index contributed by atoms with van der Waals surface area (Å²) in [5, 5.41) is 4.72. The molecule has 0 saturated carbocycles. The van der Waals surface area contributed by atoms with E-state index in [4.69, 9.17) is 4.74 Å². The normalized spacial score (nSPS) is 10.4. The van der Waals surface area contributed by atoms with Crippen molar-refractivity contribution in [1.29, 1.82) is 0 Å². The van der Waals surface area contributed by atoms with E-state index in [1.807, 2.05) is 11.4 Å². The molecule has 128 valence electrons. The van der Waals surface area contributed by atoms with Crippen molar-refractivity contribution in [3.8, 4) is 0 Å². The van der Waals surface area contributed by atoms with E-state index in [1.54, 1.807) is 30.0 Å². The fraction of sp³-hybridized carbons (Fsp3) is 0.294. The number of hydrogen-bond acceptors (Lipinski definition) is 5. The molecule has 0 saturated heterocycles. The monoisotopic (exact) mass is 367 g/mol. The molecule has 0 spiro atoms. The third-order valence-electron chi connectivity index (χ3n) is 3.13. The molecule has 1 N–H and O–H groups in total. The number of esters is 1. The predicted octanol–water partition coefficient (Wildman–Crippen LogP) is 3.40. The Balaban J connectivity index is 1.61. The Morgan fingerprint density at radius 2 is 2.17 bits per heavy atom. The van der Waals surface area contributed by atoms with Gasteiger partial charge in [0.15, 0.2) is 6.61 Å². The van der Waals surface area contributed by atoms with Crippen LogP contribution in [0.15, 0.2) is 35.7 Å². The third kappa shape index (κ3) is 5.98. The maximum atomic E-state index is 13.4. The summed E-state index contributed by atoms with van der Waals surface area (Å²) in [6, 6.07) is 8.16. The van der Waals surface area contributed by atoms with E-state index in [0.29, 0.717) is 12.1 Å². The molecule has 1 heterocycles. The Kier molecular flexibility index (Phi) is 7.27. The fourth-order valence-electron chi connectivity index (χ4n) is 1.82. The topological polar surface area (TPSA) is 55.4 Å². The molecule has 0 fully saturated rings. The summed E-state index contributed by atoms with van der Waals surface area (Å²) in [4.78, 5) is 24.7. The summed E-state index contributed by atoms with van der Waals surface area (Å²) in [5.74, 6) is 0.142. The van der Waals surface area contributed by atoms with Crippen molar-refractivity contribution in [1.82, 2.24) is 5.32 Å². The standard InChI is InChI=1S/C17H18FNO3S2/c1-12-4-5-13(9-15(12)18)17(21)22-10-16(20)19-6-8-23-11-14-3-2-7-24-14/h2-5,7,9H,6,8,10-11H2,1H3,(H,19,20). The van der Waals surface area contributed by atoms with Gasteiger partial charge in [-0.25, -0.2) is 9.18 Å². The number of hydrogen-bond donors (Lipinski definition) is 1. The van der Waals surface area contributed by atoms with Crippen molar-refractivity contribution in [2.24, 2.45) is 0 Å². The van der Waals surface area contributed by atoms with Crippen LogP contribution in [0.5, 0.6) is 0 Å². The van der Waals surface area contributed by atoms with Crippen LogP contribution in [0.3, 0.4) is 0 Å². The SMILES string of the molecule is Cc1ccc(C(=O)OCC(=O)NCCSCc2cccs2)cc1F. The summed E-state index contributed by atoms with van der Waals surface area (Å²) in [6.45, 7) is 1.74. The van der Waals surface area contributed by atoms with Gasteiger partial charge in [0.05, 0.1) is 5.56 Å². The zero-order valence-corrected chi connectivity index (χ0v) is 14.8. The van der Waals surface area contributed by atoms with Crippen LogP contribution in [-0.2, 0) is 15.3 Å². The molecule has 0 radical (unpaired) electrons. The van der Waals surface area contributed by atoms with Crippen molar-refractivity contribution in [2.45, 2.75) is 12.7 Å². The highest BCUT2D eigenvalue weighted by Gasteiger charge is 2.11. The summed E-state index contributed by atoms with van der Waals surface area (Å²) in [5.41, 5.74) is 0.543. The molecule has 4 nitrogen and oxygen atoms in total. The smallest absolute Gasteiger partial charge is 0.338 e. The molecule has 2 aromatic rings. The van der Waals surface area contributed by atoms with E-state index < -0.39 is 11.8 Å². The number of benzene rings is 1. The first-order chi connectivity index (χ1) is 11.6. The van der Waals surface area contributed by atoms with E-state index in [2.05, 4.69) is 11.4 Å². The number of halogens is 1. The predicted molar refractivity (Wildman–Crippen MR) is 94.9 cm³/mol.